The van der Waals surface area contributed by atoms with E-state index in [9.17, 15) is 8.42 Å². The minimum atomic E-state index is -3.46. The summed E-state index contributed by atoms with van der Waals surface area (Å²) in [5.41, 5.74) is 2.06. The van der Waals surface area contributed by atoms with E-state index in [0.29, 0.717) is 17.3 Å². The maximum Gasteiger partial charge on any atom is 0.200 e. The van der Waals surface area contributed by atoms with Crippen LogP contribution >= 0.6 is 0 Å². The highest BCUT2D eigenvalue weighted by molar-refractivity contribution is 7.90. The van der Waals surface area contributed by atoms with E-state index >= 15 is 0 Å². The molecule has 0 atom stereocenters. The molecule has 118 valence electrons. The van der Waals surface area contributed by atoms with Gasteiger partial charge in [0.05, 0.1) is 17.1 Å². The highest BCUT2D eigenvalue weighted by Gasteiger charge is 2.24. The first-order valence-electron chi connectivity index (χ1n) is 7.40. The average molecular weight is 320 g/mol. The molecule has 1 aliphatic carbocycles. The second-order valence-corrected chi connectivity index (χ2v) is 8.01. The second-order valence-electron chi connectivity index (χ2n) is 6.07. The molecule has 6 nitrogen and oxygen atoms in total. The fourth-order valence-corrected chi connectivity index (χ4v) is 4.07. The first-order chi connectivity index (χ1) is 10.3. The molecule has 2 heterocycles. The summed E-state index contributed by atoms with van der Waals surface area (Å²) in [6.45, 7) is 3.66. The Morgan fingerprint density at radius 3 is 2.50 bits per heavy atom. The van der Waals surface area contributed by atoms with Gasteiger partial charge in [0.25, 0.3) is 0 Å². The van der Waals surface area contributed by atoms with Gasteiger partial charge in [0.15, 0.2) is 5.03 Å². The van der Waals surface area contributed by atoms with Crippen molar-refractivity contribution in [3.63, 3.8) is 0 Å². The summed E-state index contributed by atoms with van der Waals surface area (Å²) in [7, 11) is -1.82. The molecule has 1 saturated carbocycles. The third-order valence-electron chi connectivity index (χ3n) is 3.74. The maximum atomic E-state index is 12.6. The van der Waals surface area contributed by atoms with Gasteiger partial charge in [0.2, 0.25) is 9.84 Å². The van der Waals surface area contributed by atoms with Gasteiger partial charge in [-0.2, -0.15) is 5.10 Å². The minimum absolute atomic E-state index is 0.118. The second kappa shape index (κ2) is 5.46. The largest absolute Gasteiger partial charge is 0.257 e. The molecule has 0 N–H and O–H groups in total. The zero-order valence-electron chi connectivity index (χ0n) is 13.1. The molecule has 2 aromatic rings. The Labute approximate surface area is 130 Å². The Bertz CT molecular complexity index is 807. The summed E-state index contributed by atoms with van der Waals surface area (Å²) in [6.07, 6.45) is 3.29. The molecule has 3 rings (SSSR count). The van der Waals surface area contributed by atoms with E-state index in [4.69, 9.17) is 0 Å². The number of hydrogen-bond donors (Lipinski definition) is 0. The van der Waals surface area contributed by atoms with Crippen LogP contribution in [0.2, 0.25) is 0 Å². The fourth-order valence-electron chi connectivity index (χ4n) is 2.59. The standard InChI is InChI=1S/C15H20N4O2S/c1-10-6-13(17-14(16-10)8-12-4-5-12)9-22(20,21)15-7-11(2)18-19(15)3/h6-7,12H,4-5,8-9H2,1-3H3. The van der Waals surface area contributed by atoms with E-state index in [1.165, 1.54) is 17.5 Å². The fraction of sp³-hybridized carbons (Fsp3) is 0.533. The van der Waals surface area contributed by atoms with E-state index in [2.05, 4.69) is 15.1 Å². The van der Waals surface area contributed by atoms with Gasteiger partial charge >= 0.3 is 0 Å². The van der Waals surface area contributed by atoms with Crippen molar-refractivity contribution in [3.8, 4) is 0 Å². The van der Waals surface area contributed by atoms with Crippen molar-refractivity contribution in [1.29, 1.82) is 0 Å². The van der Waals surface area contributed by atoms with Crippen LogP contribution in [0.1, 0.15) is 35.7 Å². The normalized spacial score (nSPS) is 15.2. The van der Waals surface area contributed by atoms with Crippen LogP contribution in [0.25, 0.3) is 0 Å². The zero-order chi connectivity index (χ0) is 15.9. The monoisotopic (exact) mass is 320 g/mol. The molecule has 0 saturated heterocycles. The van der Waals surface area contributed by atoms with Crippen molar-refractivity contribution < 1.29 is 8.42 Å². The van der Waals surface area contributed by atoms with E-state index in [1.54, 1.807) is 26.1 Å². The molecule has 22 heavy (non-hydrogen) atoms. The number of sulfone groups is 1. The van der Waals surface area contributed by atoms with Gasteiger partial charge in [-0.15, -0.1) is 0 Å². The lowest BCUT2D eigenvalue weighted by atomic mass is 10.2. The van der Waals surface area contributed by atoms with Crippen LogP contribution in [0.4, 0.5) is 0 Å². The van der Waals surface area contributed by atoms with Crippen molar-refractivity contribution in [2.45, 2.75) is 43.9 Å². The predicted molar refractivity (Wildman–Crippen MR) is 82.0 cm³/mol. The van der Waals surface area contributed by atoms with Crippen molar-refractivity contribution in [3.05, 3.63) is 35.0 Å². The van der Waals surface area contributed by atoms with Gasteiger partial charge in [-0.3, -0.25) is 4.68 Å². The van der Waals surface area contributed by atoms with Gasteiger partial charge in [-0.05, 0) is 44.7 Å². The number of aryl methyl sites for hydroxylation is 3. The molecule has 1 fully saturated rings. The van der Waals surface area contributed by atoms with Gasteiger partial charge in [-0.25, -0.2) is 18.4 Å². The number of hydrogen-bond acceptors (Lipinski definition) is 5. The third kappa shape index (κ3) is 3.35. The van der Waals surface area contributed by atoms with E-state index in [-0.39, 0.29) is 10.8 Å². The van der Waals surface area contributed by atoms with Gasteiger partial charge in [0, 0.05) is 19.2 Å². The highest BCUT2D eigenvalue weighted by Crippen LogP contribution is 2.31. The Balaban J connectivity index is 1.88. The van der Waals surface area contributed by atoms with Crippen LogP contribution in [0, 0.1) is 19.8 Å². The van der Waals surface area contributed by atoms with Crippen LogP contribution in [-0.2, 0) is 29.1 Å². The van der Waals surface area contributed by atoms with Crippen molar-refractivity contribution in [1.82, 2.24) is 19.7 Å². The van der Waals surface area contributed by atoms with E-state index < -0.39 is 9.84 Å². The Morgan fingerprint density at radius 2 is 1.91 bits per heavy atom. The van der Waals surface area contributed by atoms with Gasteiger partial charge < -0.3 is 0 Å². The quantitative estimate of drug-likeness (QED) is 0.839. The minimum Gasteiger partial charge on any atom is -0.257 e. The lowest BCUT2D eigenvalue weighted by molar-refractivity contribution is 0.575. The lowest BCUT2D eigenvalue weighted by Crippen LogP contribution is -2.12. The smallest absolute Gasteiger partial charge is 0.200 e. The summed E-state index contributed by atoms with van der Waals surface area (Å²) in [5, 5.41) is 4.33. The summed E-state index contributed by atoms with van der Waals surface area (Å²) in [5.74, 6) is 1.31. The number of aromatic nitrogens is 4. The third-order valence-corrected chi connectivity index (χ3v) is 5.43. The molecule has 0 amide bonds. The molecule has 0 aromatic carbocycles. The van der Waals surface area contributed by atoms with Crippen LogP contribution < -0.4 is 0 Å². The number of rotatable bonds is 5. The van der Waals surface area contributed by atoms with Gasteiger partial charge in [0.1, 0.15) is 5.82 Å². The Kier molecular flexibility index (Phi) is 3.76. The summed E-state index contributed by atoms with van der Waals surface area (Å²) >= 11 is 0. The van der Waals surface area contributed by atoms with E-state index in [1.807, 2.05) is 6.92 Å². The Morgan fingerprint density at radius 1 is 1.18 bits per heavy atom. The molecule has 0 aliphatic heterocycles. The lowest BCUT2D eigenvalue weighted by Gasteiger charge is -2.07. The zero-order valence-corrected chi connectivity index (χ0v) is 13.9. The topological polar surface area (TPSA) is 77.7 Å². The average Bonchev–Trinajstić information content (AvgIpc) is 3.11. The summed E-state index contributed by atoms with van der Waals surface area (Å²) in [4.78, 5) is 8.86. The van der Waals surface area contributed by atoms with Crippen LogP contribution in [0.5, 0.6) is 0 Å². The van der Waals surface area contributed by atoms with Crippen molar-refractivity contribution in [2.75, 3.05) is 0 Å². The highest BCUT2D eigenvalue weighted by atomic mass is 32.2. The maximum absolute atomic E-state index is 12.6. The van der Waals surface area contributed by atoms with Crippen molar-refractivity contribution >= 4 is 9.84 Å². The predicted octanol–water partition coefficient (Wildman–Crippen LogP) is 1.75. The molecular formula is C15H20N4O2S. The molecule has 7 heteroatoms. The molecule has 0 spiro atoms. The molecule has 0 unspecified atom stereocenters. The first-order valence-corrected chi connectivity index (χ1v) is 9.05. The van der Waals surface area contributed by atoms with Crippen LogP contribution in [0.3, 0.4) is 0 Å². The van der Waals surface area contributed by atoms with Crippen LogP contribution in [0.15, 0.2) is 17.2 Å². The van der Waals surface area contributed by atoms with E-state index in [0.717, 1.165) is 17.9 Å². The molecule has 2 aromatic heterocycles. The first kappa shape index (κ1) is 15.1. The van der Waals surface area contributed by atoms with Crippen molar-refractivity contribution in [2.24, 2.45) is 13.0 Å². The molecule has 0 bridgehead atoms. The SMILES string of the molecule is Cc1cc(CS(=O)(=O)c2cc(C)nn2C)nc(CC2CC2)n1. The number of nitrogens with zero attached hydrogens (tertiary/aromatic N) is 4. The Hall–Kier alpha value is -1.76. The summed E-state index contributed by atoms with van der Waals surface area (Å²) in [6, 6.07) is 3.34. The van der Waals surface area contributed by atoms with Crippen LogP contribution in [-0.4, -0.2) is 28.2 Å². The summed E-state index contributed by atoms with van der Waals surface area (Å²) < 4.78 is 26.5. The van der Waals surface area contributed by atoms with Gasteiger partial charge in [-0.1, -0.05) is 0 Å². The molecule has 0 radical (unpaired) electrons. The molecule has 1 aliphatic rings. The molecular weight excluding hydrogens is 300 g/mol.